The molecule has 1 aliphatic carbocycles. The normalized spacial score (nSPS) is 31.1. The largest absolute Gasteiger partial charge is 0.383 e. The number of hydrogen-bond acceptors (Lipinski definition) is 3. The van der Waals surface area contributed by atoms with Crippen LogP contribution in [0.2, 0.25) is 0 Å². The quantitative estimate of drug-likeness (QED) is 0.857. The maximum Gasteiger partial charge on any atom is 0.233 e. The molecular weight excluding hydrogens is 290 g/mol. The molecule has 3 rings (SSSR count). The van der Waals surface area contributed by atoms with Gasteiger partial charge < -0.3 is 9.64 Å². The van der Waals surface area contributed by atoms with Crippen molar-refractivity contribution < 1.29 is 14.3 Å². The number of methoxy groups -OCH3 is 1. The zero-order valence-electron chi connectivity index (χ0n) is 14.0. The number of piperidine rings is 1. The molecule has 4 heteroatoms. The van der Waals surface area contributed by atoms with Crippen LogP contribution in [0.5, 0.6) is 0 Å². The van der Waals surface area contributed by atoms with Gasteiger partial charge in [0.15, 0.2) is 0 Å². The highest BCUT2D eigenvalue weighted by atomic mass is 16.5. The fraction of sp³-hybridized carbons (Fsp3) is 0.579. The first-order valence-electron chi connectivity index (χ1n) is 8.48. The minimum atomic E-state index is -0.541. The van der Waals surface area contributed by atoms with Crippen LogP contribution in [0.4, 0.5) is 0 Å². The predicted octanol–water partition coefficient (Wildman–Crippen LogP) is 2.42. The molecule has 23 heavy (non-hydrogen) atoms. The molecule has 1 aromatic carbocycles. The summed E-state index contributed by atoms with van der Waals surface area (Å²) in [5, 5.41) is 0. The van der Waals surface area contributed by atoms with Gasteiger partial charge in [-0.2, -0.15) is 0 Å². The highest BCUT2D eigenvalue weighted by Gasteiger charge is 2.56. The number of ether oxygens (including phenoxy) is 1. The fourth-order valence-corrected chi connectivity index (χ4v) is 4.46. The number of benzene rings is 1. The highest BCUT2D eigenvalue weighted by molar-refractivity contribution is 5.94. The molecule has 4 nitrogen and oxygen atoms in total. The highest BCUT2D eigenvalue weighted by Crippen LogP contribution is 2.50. The molecule has 0 aromatic heterocycles. The Morgan fingerprint density at radius 1 is 1.26 bits per heavy atom. The van der Waals surface area contributed by atoms with Gasteiger partial charge in [-0.3, -0.25) is 9.59 Å². The van der Waals surface area contributed by atoms with E-state index in [1.807, 2.05) is 42.2 Å². The lowest BCUT2D eigenvalue weighted by atomic mass is 9.55. The van der Waals surface area contributed by atoms with Crippen LogP contribution in [-0.4, -0.2) is 43.4 Å². The summed E-state index contributed by atoms with van der Waals surface area (Å²) in [6, 6.07) is 10.1. The van der Waals surface area contributed by atoms with Crippen molar-refractivity contribution >= 4 is 11.7 Å². The van der Waals surface area contributed by atoms with Gasteiger partial charge in [0.25, 0.3) is 0 Å². The third kappa shape index (κ3) is 2.59. The molecule has 1 aliphatic heterocycles. The molecule has 0 spiro atoms. The Kier molecular flexibility index (Phi) is 4.53. The van der Waals surface area contributed by atoms with Gasteiger partial charge in [-0.1, -0.05) is 37.3 Å². The fourth-order valence-electron chi connectivity index (χ4n) is 4.46. The van der Waals surface area contributed by atoms with Gasteiger partial charge in [0.2, 0.25) is 5.91 Å². The molecule has 3 atom stereocenters. The van der Waals surface area contributed by atoms with E-state index >= 15 is 0 Å². The average Bonchev–Trinajstić information content (AvgIpc) is 2.59. The second-order valence-electron chi connectivity index (χ2n) is 6.77. The Bertz CT molecular complexity index is 586. The zero-order valence-corrected chi connectivity index (χ0v) is 14.0. The minimum Gasteiger partial charge on any atom is -0.383 e. The number of fused-ring (bicyclic) bond motifs is 1. The van der Waals surface area contributed by atoms with Gasteiger partial charge in [0.05, 0.1) is 12.0 Å². The summed E-state index contributed by atoms with van der Waals surface area (Å²) in [5.41, 5.74) is 0.525. The molecule has 1 heterocycles. The molecule has 0 N–H and O–H groups in total. The average molecular weight is 315 g/mol. The number of amides is 1. The summed E-state index contributed by atoms with van der Waals surface area (Å²) in [4.78, 5) is 27.6. The van der Waals surface area contributed by atoms with Crippen molar-refractivity contribution in [3.8, 4) is 0 Å². The molecule has 1 saturated carbocycles. The maximum absolute atomic E-state index is 13.4. The van der Waals surface area contributed by atoms with E-state index in [1.54, 1.807) is 7.11 Å². The van der Waals surface area contributed by atoms with Crippen molar-refractivity contribution in [3.63, 3.8) is 0 Å². The summed E-state index contributed by atoms with van der Waals surface area (Å²) >= 11 is 0. The van der Waals surface area contributed by atoms with E-state index in [2.05, 4.69) is 0 Å². The maximum atomic E-state index is 13.4. The van der Waals surface area contributed by atoms with Crippen molar-refractivity contribution in [2.75, 3.05) is 26.8 Å². The SMILES string of the molecule is COCCN1CC[C@H]2[C@H](C)C(=O)CC[C@]2(c2ccccc2)C1=O. The van der Waals surface area contributed by atoms with Gasteiger partial charge in [0.1, 0.15) is 5.78 Å². The Morgan fingerprint density at radius 2 is 2.00 bits per heavy atom. The van der Waals surface area contributed by atoms with Gasteiger partial charge in [0, 0.05) is 32.5 Å². The molecule has 2 aliphatic rings. The van der Waals surface area contributed by atoms with Crippen LogP contribution >= 0.6 is 0 Å². The van der Waals surface area contributed by atoms with E-state index in [0.717, 1.165) is 18.5 Å². The van der Waals surface area contributed by atoms with Crippen molar-refractivity contribution in [1.82, 2.24) is 4.90 Å². The number of carbonyl (C=O) groups excluding carboxylic acids is 2. The van der Waals surface area contributed by atoms with Gasteiger partial charge in [-0.05, 0) is 24.3 Å². The first-order chi connectivity index (χ1) is 11.1. The van der Waals surface area contributed by atoms with Crippen LogP contribution in [0.15, 0.2) is 30.3 Å². The zero-order chi connectivity index (χ0) is 16.4. The number of likely N-dealkylation sites (tertiary alicyclic amines) is 1. The number of hydrogen-bond donors (Lipinski definition) is 0. The monoisotopic (exact) mass is 315 g/mol. The number of ketones is 1. The molecule has 124 valence electrons. The van der Waals surface area contributed by atoms with Crippen molar-refractivity contribution in [1.29, 1.82) is 0 Å². The van der Waals surface area contributed by atoms with Crippen LogP contribution in [0.3, 0.4) is 0 Å². The number of rotatable bonds is 4. The van der Waals surface area contributed by atoms with Gasteiger partial charge in [-0.25, -0.2) is 0 Å². The van der Waals surface area contributed by atoms with Crippen molar-refractivity contribution in [2.24, 2.45) is 11.8 Å². The summed E-state index contributed by atoms with van der Waals surface area (Å²) in [6.45, 7) is 3.90. The molecule has 0 radical (unpaired) electrons. The van der Waals surface area contributed by atoms with E-state index in [-0.39, 0.29) is 17.7 Å². The van der Waals surface area contributed by atoms with Crippen molar-refractivity contribution in [2.45, 2.75) is 31.6 Å². The van der Waals surface area contributed by atoms with Gasteiger partial charge in [-0.15, -0.1) is 0 Å². The summed E-state index contributed by atoms with van der Waals surface area (Å²) in [5.74, 6) is 0.547. The molecule has 0 bridgehead atoms. The topological polar surface area (TPSA) is 46.6 Å². The first-order valence-corrected chi connectivity index (χ1v) is 8.48. The minimum absolute atomic E-state index is 0.0440. The lowest BCUT2D eigenvalue weighted by molar-refractivity contribution is -0.152. The second-order valence-corrected chi connectivity index (χ2v) is 6.77. The predicted molar refractivity (Wildman–Crippen MR) is 88.1 cm³/mol. The Morgan fingerprint density at radius 3 is 2.70 bits per heavy atom. The second kappa shape index (κ2) is 6.44. The first kappa shape index (κ1) is 16.2. The van der Waals surface area contributed by atoms with E-state index in [1.165, 1.54) is 0 Å². The molecule has 1 aromatic rings. The third-order valence-electron chi connectivity index (χ3n) is 5.74. The molecule has 1 saturated heterocycles. The van der Waals surface area contributed by atoms with E-state index in [4.69, 9.17) is 4.74 Å². The number of Topliss-reactive ketones (excluding diaryl/α,β-unsaturated/α-hetero) is 1. The summed E-state index contributed by atoms with van der Waals surface area (Å²) in [7, 11) is 1.66. The van der Waals surface area contributed by atoms with Crippen LogP contribution < -0.4 is 0 Å². The van der Waals surface area contributed by atoms with Crippen molar-refractivity contribution in [3.05, 3.63) is 35.9 Å². The molecule has 2 fully saturated rings. The third-order valence-corrected chi connectivity index (χ3v) is 5.74. The molecule has 1 amide bonds. The number of nitrogens with zero attached hydrogens (tertiary/aromatic N) is 1. The lowest BCUT2D eigenvalue weighted by Gasteiger charge is -2.51. The molecule has 0 unspecified atom stereocenters. The van der Waals surface area contributed by atoms with E-state index < -0.39 is 5.41 Å². The van der Waals surface area contributed by atoms with Crippen LogP contribution in [0.25, 0.3) is 0 Å². The molecular formula is C19H25NO3. The summed E-state index contributed by atoms with van der Waals surface area (Å²) in [6.07, 6.45) is 2.01. The standard InChI is InChI=1S/C19H25NO3/c1-14-16-9-11-20(12-13-23-2)18(22)19(16,10-8-17(14)21)15-6-4-3-5-7-15/h3-7,14,16H,8-13H2,1-2H3/t14-,16-,19+/m0/s1. The van der Waals surface area contributed by atoms with Crippen LogP contribution in [0, 0.1) is 11.8 Å². The smallest absolute Gasteiger partial charge is 0.233 e. The van der Waals surface area contributed by atoms with E-state index in [9.17, 15) is 9.59 Å². The Hall–Kier alpha value is -1.68. The van der Waals surface area contributed by atoms with Gasteiger partial charge >= 0.3 is 0 Å². The number of carbonyl (C=O) groups is 2. The van der Waals surface area contributed by atoms with Crippen LogP contribution in [0.1, 0.15) is 31.7 Å². The van der Waals surface area contributed by atoms with Crippen LogP contribution in [-0.2, 0) is 19.7 Å². The van der Waals surface area contributed by atoms with E-state index in [0.29, 0.717) is 31.8 Å². The Labute approximate surface area is 137 Å². The Balaban J connectivity index is 2.02. The lowest BCUT2D eigenvalue weighted by Crippen LogP contribution is -2.61. The summed E-state index contributed by atoms with van der Waals surface area (Å²) < 4.78 is 5.16.